The molecular weight excluding hydrogens is 474 g/mol. The molecule has 1 amide bonds. The molecule has 0 saturated heterocycles. The van der Waals surface area contributed by atoms with Crippen molar-refractivity contribution in [2.24, 2.45) is 0 Å². The fourth-order valence-corrected chi connectivity index (χ4v) is 4.90. The highest BCUT2D eigenvalue weighted by atomic mass is 16.5. The number of rotatable bonds is 10. The largest absolute Gasteiger partial charge is 0.493 e. The van der Waals surface area contributed by atoms with Crippen molar-refractivity contribution in [3.05, 3.63) is 126 Å². The number of carbonyl (C=O) groups is 1. The number of amides is 1. The first-order chi connectivity index (χ1) is 18.7. The normalized spacial score (nSPS) is 11.7. The van der Waals surface area contributed by atoms with E-state index in [1.165, 1.54) is 5.56 Å². The zero-order chi connectivity index (χ0) is 26.3. The molecule has 38 heavy (non-hydrogen) atoms. The van der Waals surface area contributed by atoms with E-state index in [0.29, 0.717) is 24.5 Å². The Morgan fingerprint density at radius 1 is 0.868 bits per heavy atom. The third kappa shape index (κ3) is 5.54. The van der Waals surface area contributed by atoms with Gasteiger partial charge in [-0.05, 0) is 52.6 Å². The molecular formula is C32H31N3O3. The summed E-state index contributed by atoms with van der Waals surface area (Å²) in [5.74, 6) is 1.08. The molecule has 0 aliphatic heterocycles. The van der Waals surface area contributed by atoms with Gasteiger partial charge in [-0.3, -0.25) is 9.78 Å². The minimum absolute atomic E-state index is 0.0264. The maximum atomic E-state index is 13.3. The monoisotopic (exact) mass is 505 g/mol. The van der Waals surface area contributed by atoms with Gasteiger partial charge in [-0.2, -0.15) is 0 Å². The molecule has 0 bridgehead atoms. The molecule has 1 N–H and O–H groups in total. The summed E-state index contributed by atoms with van der Waals surface area (Å²) in [5.41, 5.74) is 5.45. The SMILES string of the molecule is COc1ccc([C@@H](CC(=O)NCc2ccncc2)c2cn(Cc3ccccc3)c3ccccc23)cc1OC. The Hall–Kier alpha value is -4.58. The van der Waals surface area contributed by atoms with Gasteiger partial charge in [0.05, 0.1) is 14.2 Å². The van der Waals surface area contributed by atoms with Crippen LogP contribution in [0.3, 0.4) is 0 Å². The summed E-state index contributed by atoms with van der Waals surface area (Å²) in [7, 11) is 3.25. The number of ether oxygens (including phenoxy) is 2. The summed E-state index contributed by atoms with van der Waals surface area (Å²) in [4.78, 5) is 17.4. The molecule has 5 aromatic rings. The van der Waals surface area contributed by atoms with Gasteiger partial charge in [0.2, 0.25) is 5.91 Å². The first-order valence-corrected chi connectivity index (χ1v) is 12.7. The summed E-state index contributed by atoms with van der Waals surface area (Å²) in [6.07, 6.45) is 5.94. The lowest BCUT2D eigenvalue weighted by Crippen LogP contribution is -2.25. The fraction of sp³-hybridized carbons (Fsp3) is 0.188. The van der Waals surface area contributed by atoms with Crippen molar-refractivity contribution in [3.8, 4) is 11.5 Å². The average molecular weight is 506 g/mol. The molecule has 0 unspecified atom stereocenters. The summed E-state index contributed by atoms with van der Waals surface area (Å²) < 4.78 is 13.3. The van der Waals surface area contributed by atoms with Gasteiger partial charge in [-0.1, -0.05) is 54.6 Å². The standard InChI is InChI=1S/C32H31N3O3/c1-37-30-13-12-25(18-31(30)38-2)27(19-32(36)34-20-23-14-16-33-17-15-23)28-22-35(21-24-8-4-3-5-9-24)29-11-7-6-10-26(28)29/h3-18,22,27H,19-21H2,1-2H3,(H,34,36)/t27-/m1/s1. The van der Waals surface area contributed by atoms with E-state index in [9.17, 15) is 4.79 Å². The van der Waals surface area contributed by atoms with E-state index in [4.69, 9.17) is 9.47 Å². The number of fused-ring (bicyclic) bond motifs is 1. The van der Waals surface area contributed by atoms with Crippen LogP contribution >= 0.6 is 0 Å². The van der Waals surface area contributed by atoms with Gasteiger partial charge in [0.1, 0.15) is 0 Å². The Balaban J connectivity index is 1.53. The lowest BCUT2D eigenvalue weighted by molar-refractivity contribution is -0.121. The number of hydrogen-bond donors (Lipinski definition) is 1. The lowest BCUT2D eigenvalue weighted by atomic mass is 9.87. The zero-order valence-electron chi connectivity index (χ0n) is 21.6. The molecule has 192 valence electrons. The molecule has 0 saturated carbocycles. The number of nitrogens with zero attached hydrogens (tertiary/aromatic N) is 2. The van der Waals surface area contributed by atoms with Crippen LogP contribution in [0.25, 0.3) is 10.9 Å². The lowest BCUT2D eigenvalue weighted by Gasteiger charge is -2.19. The van der Waals surface area contributed by atoms with E-state index in [-0.39, 0.29) is 11.8 Å². The molecule has 3 aromatic carbocycles. The smallest absolute Gasteiger partial charge is 0.221 e. The van der Waals surface area contributed by atoms with E-state index in [0.717, 1.165) is 34.1 Å². The summed E-state index contributed by atoms with van der Waals surface area (Å²) in [6, 6.07) is 28.5. The Morgan fingerprint density at radius 2 is 1.61 bits per heavy atom. The van der Waals surface area contributed by atoms with Crippen LogP contribution in [0.4, 0.5) is 0 Å². The molecule has 5 rings (SSSR count). The quantitative estimate of drug-likeness (QED) is 0.255. The van der Waals surface area contributed by atoms with Crippen molar-refractivity contribution in [3.63, 3.8) is 0 Å². The number of aromatic nitrogens is 2. The first kappa shape index (κ1) is 25.1. The number of carbonyl (C=O) groups excluding carboxylic acids is 1. The number of para-hydroxylation sites is 1. The summed E-state index contributed by atoms with van der Waals surface area (Å²) in [5, 5.41) is 4.22. The van der Waals surface area contributed by atoms with Crippen LogP contribution in [-0.2, 0) is 17.9 Å². The van der Waals surface area contributed by atoms with Crippen molar-refractivity contribution in [1.29, 1.82) is 0 Å². The first-order valence-electron chi connectivity index (χ1n) is 12.7. The highest BCUT2D eigenvalue weighted by Gasteiger charge is 2.24. The van der Waals surface area contributed by atoms with Crippen LogP contribution in [0.5, 0.6) is 11.5 Å². The van der Waals surface area contributed by atoms with Crippen molar-refractivity contribution >= 4 is 16.8 Å². The van der Waals surface area contributed by atoms with Gasteiger partial charge < -0.3 is 19.4 Å². The van der Waals surface area contributed by atoms with Gasteiger partial charge in [0.15, 0.2) is 11.5 Å². The number of benzene rings is 3. The van der Waals surface area contributed by atoms with Gasteiger partial charge >= 0.3 is 0 Å². The van der Waals surface area contributed by atoms with Crippen LogP contribution in [0.1, 0.15) is 34.6 Å². The predicted molar refractivity (Wildman–Crippen MR) is 150 cm³/mol. The molecule has 0 fully saturated rings. The Bertz CT molecular complexity index is 1510. The molecule has 2 aromatic heterocycles. The Labute approximate surface area is 222 Å². The minimum atomic E-state index is -0.186. The minimum Gasteiger partial charge on any atom is -0.493 e. The molecule has 0 radical (unpaired) electrons. The second-order valence-electron chi connectivity index (χ2n) is 9.22. The highest BCUT2D eigenvalue weighted by Crippen LogP contribution is 2.38. The van der Waals surface area contributed by atoms with Gasteiger partial charge in [0.25, 0.3) is 0 Å². The molecule has 0 spiro atoms. The number of pyridine rings is 1. The van der Waals surface area contributed by atoms with E-state index in [1.54, 1.807) is 26.6 Å². The highest BCUT2D eigenvalue weighted by molar-refractivity contribution is 5.87. The van der Waals surface area contributed by atoms with E-state index < -0.39 is 0 Å². The van der Waals surface area contributed by atoms with Crippen LogP contribution in [0, 0.1) is 0 Å². The second-order valence-corrected chi connectivity index (χ2v) is 9.22. The maximum Gasteiger partial charge on any atom is 0.221 e. The van der Waals surface area contributed by atoms with Crippen LogP contribution in [0.15, 0.2) is 104 Å². The van der Waals surface area contributed by atoms with Crippen molar-refractivity contribution in [2.75, 3.05) is 14.2 Å². The third-order valence-corrected chi connectivity index (χ3v) is 6.83. The average Bonchev–Trinajstić information content (AvgIpc) is 3.33. The van der Waals surface area contributed by atoms with Gasteiger partial charge in [-0.25, -0.2) is 0 Å². The fourth-order valence-electron chi connectivity index (χ4n) is 4.90. The molecule has 2 heterocycles. The maximum absolute atomic E-state index is 13.3. The van der Waals surface area contributed by atoms with Crippen LogP contribution in [0.2, 0.25) is 0 Å². The number of methoxy groups -OCH3 is 2. The second kappa shape index (κ2) is 11.6. The predicted octanol–water partition coefficient (Wildman–Crippen LogP) is 5.94. The molecule has 0 aliphatic carbocycles. The van der Waals surface area contributed by atoms with E-state index in [2.05, 4.69) is 63.5 Å². The summed E-state index contributed by atoms with van der Waals surface area (Å²) in [6.45, 7) is 1.20. The Morgan fingerprint density at radius 3 is 2.37 bits per heavy atom. The molecule has 0 aliphatic rings. The van der Waals surface area contributed by atoms with Crippen molar-refractivity contribution in [2.45, 2.75) is 25.4 Å². The summed E-state index contributed by atoms with van der Waals surface area (Å²) >= 11 is 0. The molecule has 1 atom stereocenters. The molecule has 6 nitrogen and oxygen atoms in total. The van der Waals surface area contributed by atoms with E-state index >= 15 is 0 Å². The van der Waals surface area contributed by atoms with Crippen LogP contribution < -0.4 is 14.8 Å². The van der Waals surface area contributed by atoms with Crippen molar-refractivity contribution < 1.29 is 14.3 Å². The van der Waals surface area contributed by atoms with Crippen molar-refractivity contribution in [1.82, 2.24) is 14.9 Å². The zero-order valence-corrected chi connectivity index (χ0v) is 21.6. The van der Waals surface area contributed by atoms with Gasteiger partial charge in [0, 0.05) is 54.9 Å². The Kier molecular flexibility index (Phi) is 7.69. The topological polar surface area (TPSA) is 65.4 Å². The number of nitrogens with one attached hydrogen (secondary N) is 1. The third-order valence-electron chi connectivity index (χ3n) is 6.83. The molecule has 6 heteroatoms. The van der Waals surface area contributed by atoms with E-state index in [1.807, 2.05) is 42.5 Å². The van der Waals surface area contributed by atoms with Crippen LogP contribution in [-0.4, -0.2) is 29.7 Å². The van der Waals surface area contributed by atoms with Gasteiger partial charge in [-0.15, -0.1) is 0 Å². The number of hydrogen-bond acceptors (Lipinski definition) is 4.